The summed E-state index contributed by atoms with van der Waals surface area (Å²) < 4.78 is 5.26. The predicted octanol–water partition coefficient (Wildman–Crippen LogP) is 3.18. The summed E-state index contributed by atoms with van der Waals surface area (Å²) in [6.07, 6.45) is -1.65. The van der Waals surface area contributed by atoms with Gasteiger partial charge >= 0.3 is 5.97 Å². The minimum Gasteiger partial charge on any atom is -0.448 e. The highest BCUT2D eigenvalue weighted by molar-refractivity contribution is 5.97. The first-order valence-corrected chi connectivity index (χ1v) is 8.16. The molecule has 25 heavy (non-hydrogen) atoms. The van der Waals surface area contributed by atoms with Crippen molar-refractivity contribution in [1.82, 2.24) is 4.98 Å². The molecule has 0 fully saturated rings. The lowest BCUT2D eigenvalue weighted by Gasteiger charge is -2.13. The van der Waals surface area contributed by atoms with Gasteiger partial charge in [0.15, 0.2) is 6.10 Å². The van der Waals surface area contributed by atoms with Crippen LogP contribution >= 0.6 is 0 Å². The molecule has 2 rings (SSSR count). The SMILES string of the molecule is Cc1ccc(NC(=O)[C@@H](C)OC(=O)c2[nH]c(C)c([C@@H](C)O)c2C)cc1. The summed E-state index contributed by atoms with van der Waals surface area (Å²) in [6, 6.07) is 7.34. The maximum Gasteiger partial charge on any atom is 0.355 e. The molecule has 0 unspecified atom stereocenters. The second-order valence-corrected chi connectivity index (χ2v) is 6.24. The molecule has 6 heteroatoms. The number of aromatic amines is 1. The van der Waals surface area contributed by atoms with Crippen molar-refractivity contribution in [1.29, 1.82) is 0 Å². The van der Waals surface area contributed by atoms with Gasteiger partial charge in [-0.2, -0.15) is 0 Å². The van der Waals surface area contributed by atoms with Crippen molar-refractivity contribution >= 4 is 17.6 Å². The Kier molecular flexibility index (Phi) is 5.64. The summed E-state index contributed by atoms with van der Waals surface area (Å²) in [5.74, 6) is -1.03. The maximum absolute atomic E-state index is 12.4. The van der Waals surface area contributed by atoms with Crippen LogP contribution in [0.25, 0.3) is 0 Å². The molecule has 0 bridgehead atoms. The van der Waals surface area contributed by atoms with Crippen LogP contribution in [0.1, 0.15) is 52.8 Å². The van der Waals surface area contributed by atoms with Crippen LogP contribution in [0.4, 0.5) is 5.69 Å². The average molecular weight is 344 g/mol. The lowest BCUT2D eigenvalue weighted by atomic mass is 10.1. The van der Waals surface area contributed by atoms with Crippen LogP contribution in [0.3, 0.4) is 0 Å². The van der Waals surface area contributed by atoms with E-state index in [0.29, 0.717) is 22.5 Å². The van der Waals surface area contributed by atoms with E-state index >= 15 is 0 Å². The summed E-state index contributed by atoms with van der Waals surface area (Å²) in [5, 5.41) is 12.5. The molecule has 0 radical (unpaired) electrons. The van der Waals surface area contributed by atoms with E-state index in [4.69, 9.17) is 4.74 Å². The zero-order valence-corrected chi connectivity index (χ0v) is 15.1. The third-order valence-corrected chi connectivity index (χ3v) is 4.09. The normalized spacial score (nSPS) is 13.2. The first kappa shape index (κ1) is 18.7. The molecule has 0 aliphatic heterocycles. The molecule has 0 aliphatic carbocycles. The number of esters is 1. The van der Waals surface area contributed by atoms with Crippen molar-refractivity contribution in [3.8, 4) is 0 Å². The molecule has 6 nitrogen and oxygen atoms in total. The van der Waals surface area contributed by atoms with E-state index in [1.54, 1.807) is 32.9 Å². The number of rotatable bonds is 5. The number of ether oxygens (including phenoxy) is 1. The van der Waals surface area contributed by atoms with Gasteiger partial charge in [0.25, 0.3) is 5.91 Å². The molecule has 2 aromatic rings. The van der Waals surface area contributed by atoms with E-state index in [-0.39, 0.29) is 5.69 Å². The van der Waals surface area contributed by atoms with Crippen LogP contribution in [0.5, 0.6) is 0 Å². The summed E-state index contributed by atoms with van der Waals surface area (Å²) in [6.45, 7) is 8.62. The molecule has 1 amide bonds. The van der Waals surface area contributed by atoms with Crippen molar-refractivity contribution in [3.05, 3.63) is 52.3 Å². The molecule has 134 valence electrons. The van der Waals surface area contributed by atoms with Gasteiger partial charge in [-0.1, -0.05) is 17.7 Å². The number of H-pyrrole nitrogens is 1. The van der Waals surface area contributed by atoms with Crippen LogP contribution in [-0.4, -0.2) is 28.1 Å². The number of carbonyl (C=O) groups is 2. The van der Waals surface area contributed by atoms with Gasteiger partial charge in [0.05, 0.1) is 6.10 Å². The van der Waals surface area contributed by atoms with Crippen molar-refractivity contribution in [2.75, 3.05) is 5.32 Å². The molecule has 0 aliphatic rings. The molecular weight excluding hydrogens is 320 g/mol. The minimum atomic E-state index is -0.952. The Morgan fingerprint density at radius 1 is 1.12 bits per heavy atom. The molecule has 1 aromatic carbocycles. The topological polar surface area (TPSA) is 91.4 Å². The second-order valence-electron chi connectivity index (χ2n) is 6.24. The molecule has 2 atom stereocenters. The molecule has 0 spiro atoms. The number of amides is 1. The molecule has 3 N–H and O–H groups in total. The Bertz CT molecular complexity index is 775. The molecule has 0 saturated heterocycles. The first-order valence-electron chi connectivity index (χ1n) is 8.16. The average Bonchev–Trinajstić information content (AvgIpc) is 2.84. The van der Waals surface area contributed by atoms with Crippen molar-refractivity contribution in [2.24, 2.45) is 0 Å². The van der Waals surface area contributed by atoms with Crippen LogP contribution in [0, 0.1) is 20.8 Å². The maximum atomic E-state index is 12.4. The highest BCUT2D eigenvalue weighted by Gasteiger charge is 2.24. The predicted molar refractivity (Wildman–Crippen MR) is 95.6 cm³/mol. The van der Waals surface area contributed by atoms with Gasteiger partial charge < -0.3 is 20.1 Å². The standard InChI is InChI=1S/C19H24N2O4/c1-10-6-8-15(9-7-10)21-18(23)14(5)25-19(24)17-11(2)16(13(4)22)12(3)20-17/h6-9,13-14,20,22H,1-5H3,(H,21,23)/t13-,14-/m1/s1. The number of aliphatic hydroxyl groups excluding tert-OH is 1. The Hall–Kier alpha value is -2.60. The molecular formula is C19H24N2O4. The van der Waals surface area contributed by atoms with Crippen molar-refractivity contribution in [3.63, 3.8) is 0 Å². The number of anilines is 1. The Morgan fingerprint density at radius 2 is 1.72 bits per heavy atom. The Balaban J connectivity index is 2.06. The molecule has 1 aromatic heterocycles. The van der Waals surface area contributed by atoms with E-state index in [1.165, 1.54) is 6.92 Å². The van der Waals surface area contributed by atoms with Crippen LogP contribution in [-0.2, 0) is 9.53 Å². The number of benzene rings is 1. The molecule has 1 heterocycles. The van der Waals surface area contributed by atoms with Crippen LogP contribution in [0.2, 0.25) is 0 Å². The Labute approximate surface area is 147 Å². The van der Waals surface area contributed by atoms with Gasteiger partial charge in [0.1, 0.15) is 5.69 Å². The van der Waals surface area contributed by atoms with Gasteiger partial charge in [-0.25, -0.2) is 4.79 Å². The number of nitrogens with one attached hydrogen (secondary N) is 2. The monoisotopic (exact) mass is 344 g/mol. The number of aromatic nitrogens is 1. The zero-order valence-electron chi connectivity index (χ0n) is 15.1. The highest BCUT2D eigenvalue weighted by Crippen LogP contribution is 2.25. The Morgan fingerprint density at radius 3 is 2.24 bits per heavy atom. The van der Waals surface area contributed by atoms with Gasteiger partial charge in [0, 0.05) is 16.9 Å². The number of aliphatic hydroxyl groups is 1. The summed E-state index contributed by atoms with van der Waals surface area (Å²) in [5.41, 5.74) is 3.98. The third-order valence-electron chi connectivity index (χ3n) is 4.09. The second kappa shape index (κ2) is 7.53. The number of hydrogen-bond donors (Lipinski definition) is 3. The van der Waals surface area contributed by atoms with Gasteiger partial charge in [-0.3, -0.25) is 4.79 Å². The highest BCUT2D eigenvalue weighted by atomic mass is 16.5. The summed E-state index contributed by atoms with van der Waals surface area (Å²) >= 11 is 0. The van der Waals surface area contributed by atoms with Crippen LogP contribution in [0.15, 0.2) is 24.3 Å². The van der Waals surface area contributed by atoms with Crippen molar-refractivity contribution < 1.29 is 19.4 Å². The van der Waals surface area contributed by atoms with Crippen molar-refractivity contribution in [2.45, 2.75) is 46.8 Å². The van der Waals surface area contributed by atoms with Gasteiger partial charge in [0.2, 0.25) is 0 Å². The summed E-state index contributed by atoms with van der Waals surface area (Å²) in [7, 11) is 0. The van der Waals surface area contributed by atoms with Gasteiger partial charge in [-0.15, -0.1) is 0 Å². The largest absolute Gasteiger partial charge is 0.448 e. The smallest absolute Gasteiger partial charge is 0.355 e. The third kappa shape index (κ3) is 4.28. The van der Waals surface area contributed by atoms with Crippen LogP contribution < -0.4 is 5.32 Å². The number of carbonyl (C=O) groups excluding carboxylic acids is 2. The lowest BCUT2D eigenvalue weighted by Crippen LogP contribution is -2.30. The zero-order chi connectivity index (χ0) is 18.7. The quantitative estimate of drug-likeness (QED) is 0.727. The van der Waals surface area contributed by atoms with Gasteiger partial charge in [-0.05, 0) is 52.3 Å². The first-order chi connectivity index (χ1) is 11.7. The van der Waals surface area contributed by atoms with E-state index in [0.717, 1.165) is 5.56 Å². The number of aryl methyl sites for hydroxylation is 2. The minimum absolute atomic E-state index is 0.253. The molecule has 0 saturated carbocycles. The van der Waals surface area contributed by atoms with E-state index < -0.39 is 24.1 Å². The van der Waals surface area contributed by atoms with E-state index in [2.05, 4.69) is 10.3 Å². The fraction of sp³-hybridized carbons (Fsp3) is 0.368. The number of hydrogen-bond acceptors (Lipinski definition) is 4. The summed E-state index contributed by atoms with van der Waals surface area (Å²) in [4.78, 5) is 27.5. The van der Waals surface area contributed by atoms with E-state index in [9.17, 15) is 14.7 Å². The fourth-order valence-corrected chi connectivity index (χ4v) is 2.75. The van der Waals surface area contributed by atoms with E-state index in [1.807, 2.05) is 19.1 Å². The lowest BCUT2D eigenvalue weighted by molar-refractivity contribution is -0.123. The fourth-order valence-electron chi connectivity index (χ4n) is 2.75.